The number of carbonyl (C=O) groups excluding carboxylic acids is 1. The summed E-state index contributed by atoms with van der Waals surface area (Å²) in [6.45, 7) is 0.689. The van der Waals surface area contributed by atoms with E-state index in [2.05, 4.69) is 28.5 Å². The molecule has 2 heterocycles. The maximum absolute atomic E-state index is 11.0. The van der Waals surface area contributed by atoms with E-state index in [0.717, 1.165) is 11.1 Å². The Balaban J connectivity index is 0.000000117. The number of fused-ring (bicyclic) bond motifs is 2. The molecule has 1 aliphatic rings. The summed E-state index contributed by atoms with van der Waals surface area (Å²) >= 11 is 0. The second-order valence-corrected chi connectivity index (χ2v) is 4.40. The zero-order chi connectivity index (χ0) is 13.1. The summed E-state index contributed by atoms with van der Waals surface area (Å²) in [5, 5.41) is 4.02. The van der Waals surface area contributed by atoms with E-state index in [0.29, 0.717) is 6.54 Å². The maximum Gasteiger partial charge on any atom is 0.251 e. The largest absolute Gasteiger partial charge is 0.361 e. The van der Waals surface area contributed by atoms with Crippen LogP contribution in [-0.2, 0) is 6.54 Å². The van der Waals surface area contributed by atoms with E-state index < -0.39 is 0 Å². The quantitative estimate of drug-likeness (QED) is 0.632. The highest BCUT2D eigenvalue weighted by Crippen LogP contribution is 2.13. The van der Waals surface area contributed by atoms with E-state index in [1.54, 1.807) is 0 Å². The standard InChI is InChI=1S/C8H7NO.C8H7N/c10-8-7-4-2-1-3-6(7)5-9-8;1-2-4-8-7(3-1)5-6-9-8/h1-4H,5H2,(H,9,10);1-6,9H. The number of hydrogen-bond acceptors (Lipinski definition) is 1. The van der Waals surface area contributed by atoms with Crippen LogP contribution in [0.15, 0.2) is 60.8 Å². The Bertz CT molecular complexity index is 685. The topological polar surface area (TPSA) is 44.9 Å². The van der Waals surface area contributed by atoms with E-state index in [4.69, 9.17) is 0 Å². The smallest absolute Gasteiger partial charge is 0.251 e. The molecular weight excluding hydrogens is 236 g/mol. The van der Waals surface area contributed by atoms with Gasteiger partial charge in [0.1, 0.15) is 0 Å². The molecule has 0 spiro atoms. The summed E-state index contributed by atoms with van der Waals surface area (Å²) in [4.78, 5) is 14.1. The minimum Gasteiger partial charge on any atom is -0.361 e. The fourth-order valence-electron chi connectivity index (χ4n) is 2.16. The van der Waals surface area contributed by atoms with Crippen molar-refractivity contribution in [3.8, 4) is 0 Å². The third kappa shape index (κ3) is 2.36. The Morgan fingerprint density at radius 3 is 2.53 bits per heavy atom. The Morgan fingerprint density at radius 2 is 1.68 bits per heavy atom. The van der Waals surface area contributed by atoms with E-state index >= 15 is 0 Å². The van der Waals surface area contributed by atoms with Crippen molar-refractivity contribution in [1.82, 2.24) is 10.3 Å². The molecule has 3 aromatic rings. The van der Waals surface area contributed by atoms with Gasteiger partial charge in [-0.1, -0.05) is 36.4 Å². The number of hydrogen-bond donors (Lipinski definition) is 2. The van der Waals surface area contributed by atoms with Crippen LogP contribution in [0.5, 0.6) is 0 Å². The first-order valence-electron chi connectivity index (χ1n) is 6.23. The van der Waals surface area contributed by atoms with Crippen molar-refractivity contribution in [3.05, 3.63) is 71.9 Å². The monoisotopic (exact) mass is 250 g/mol. The molecule has 94 valence electrons. The fourth-order valence-corrected chi connectivity index (χ4v) is 2.16. The van der Waals surface area contributed by atoms with Crippen LogP contribution in [0.4, 0.5) is 0 Å². The molecule has 19 heavy (non-hydrogen) atoms. The third-order valence-electron chi connectivity index (χ3n) is 3.16. The molecule has 0 saturated carbocycles. The summed E-state index contributed by atoms with van der Waals surface area (Å²) in [5.74, 6) is 0.0515. The van der Waals surface area contributed by atoms with Crippen LogP contribution in [0.3, 0.4) is 0 Å². The van der Waals surface area contributed by atoms with Gasteiger partial charge in [0.05, 0.1) is 0 Å². The van der Waals surface area contributed by atoms with Gasteiger partial charge in [0, 0.05) is 23.8 Å². The van der Waals surface area contributed by atoms with Gasteiger partial charge < -0.3 is 10.3 Å². The van der Waals surface area contributed by atoms with Crippen molar-refractivity contribution in [3.63, 3.8) is 0 Å². The molecule has 0 bridgehead atoms. The molecule has 0 aliphatic carbocycles. The van der Waals surface area contributed by atoms with Gasteiger partial charge in [-0.05, 0) is 29.1 Å². The van der Waals surface area contributed by atoms with E-state index in [1.165, 1.54) is 10.9 Å². The average molecular weight is 250 g/mol. The Kier molecular flexibility index (Phi) is 3.02. The molecule has 1 aliphatic heterocycles. The van der Waals surface area contributed by atoms with Gasteiger partial charge in [-0.15, -0.1) is 0 Å². The van der Waals surface area contributed by atoms with Crippen LogP contribution in [0.1, 0.15) is 15.9 Å². The second-order valence-electron chi connectivity index (χ2n) is 4.40. The van der Waals surface area contributed by atoms with Crippen LogP contribution in [0.2, 0.25) is 0 Å². The van der Waals surface area contributed by atoms with Gasteiger partial charge in [0.25, 0.3) is 5.91 Å². The third-order valence-corrected chi connectivity index (χ3v) is 3.16. The highest BCUT2D eigenvalue weighted by molar-refractivity contribution is 5.98. The van der Waals surface area contributed by atoms with Crippen LogP contribution < -0.4 is 5.32 Å². The minimum atomic E-state index is 0.0515. The zero-order valence-corrected chi connectivity index (χ0v) is 10.4. The van der Waals surface area contributed by atoms with E-state index in [1.807, 2.05) is 42.6 Å². The number of aromatic amines is 1. The number of aromatic nitrogens is 1. The first kappa shape index (κ1) is 11.5. The van der Waals surface area contributed by atoms with Crippen molar-refractivity contribution in [2.24, 2.45) is 0 Å². The lowest BCUT2D eigenvalue weighted by Crippen LogP contribution is -2.12. The lowest BCUT2D eigenvalue weighted by atomic mass is 10.1. The average Bonchev–Trinajstić information content (AvgIpc) is 3.07. The van der Waals surface area contributed by atoms with Gasteiger partial charge in [-0.2, -0.15) is 0 Å². The predicted molar refractivity (Wildman–Crippen MR) is 75.9 cm³/mol. The Morgan fingerprint density at radius 1 is 0.895 bits per heavy atom. The molecule has 1 amide bonds. The van der Waals surface area contributed by atoms with Gasteiger partial charge in [-0.3, -0.25) is 4.79 Å². The van der Waals surface area contributed by atoms with Crippen molar-refractivity contribution >= 4 is 16.8 Å². The summed E-state index contributed by atoms with van der Waals surface area (Å²) in [6.07, 6.45) is 1.95. The number of nitrogens with one attached hydrogen (secondary N) is 2. The first-order valence-corrected chi connectivity index (χ1v) is 6.23. The zero-order valence-electron chi connectivity index (χ0n) is 10.4. The minimum absolute atomic E-state index is 0.0515. The van der Waals surface area contributed by atoms with Crippen LogP contribution in [0.25, 0.3) is 10.9 Å². The first-order chi connectivity index (χ1) is 9.34. The summed E-state index contributed by atoms with van der Waals surface area (Å²) in [5.41, 5.74) is 3.13. The van der Waals surface area contributed by atoms with Gasteiger partial charge >= 0.3 is 0 Å². The molecule has 3 heteroatoms. The van der Waals surface area contributed by atoms with Crippen molar-refractivity contribution in [1.29, 1.82) is 0 Å². The van der Waals surface area contributed by atoms with Crippen LogP contribution in [0, 0.1) is 0 Å². The maximum atomic E-state index is 11.0. The molecule has 1 aromatic heterocycles. The van der Waals surface area contributed by atoms with Crippen molar-refractivity contribution in [2.75, 3.05) is 0 Å². The number of benzene rings is 2. The number of para-hydroxylation sites is 1. The second kappa shape index (κ2) is 4.98. The molecule has 3 nitrogen and oxygen atoms in total. The van der Waals surface area contributed by atoms with Gasteiger partial charge in [-0.25, -0.2) is 0 Å². The Hall–Kier alpha value is -2.55. The molecule has 0 atom stereocenters. The summed E-state index contributed by atoms with van der Waals surface area (Å²) in [7, 11) is 0. The number of amides is 1. The summed E-state index contributed by atoms with van der Waals surface area (Å²) in [6, 6.07) is 17.9. The lowest BCUT2D eigenvalue weighted by molar-refractivity contribution is 0.0966. The molecule has 2 aromatic carbocycles. The number of rotatable bonds is 0. The van der Waals surface area contributed by atoms with Crippen LogP contribution >= 0.6 is 0 Å². The summed E-state index contributed by atoms with van der Waals surface area (Å²) < 4.78 is 0. The molecular formula is C16H14N2O. The highest BCUT2D eigenvalue weighted by Gasteiger charge is 2.16. The highest BCUT2D eigenvalue weighted by atomic mass is 16.1. The van der Waals surface area contributed by atoms with Gasteiger partial charge in [0.15, 0.2) is 0 Å². The number of carbonyl (C=O) groups is 1. The van der Waals surface area contributed by atoms with E-state index in [9.17, 15) is 4.79 Å². The normalized spacial score (nSPS) is 12.5. The molecule has 0 fully saturated rings. The molecule has 0 radical (unpaired) electrons. The Labute approximate surface area is 111 Å². The van der Waals surface area contributed by atoms with Crippen LogP contribution in [-0.4, -0.2) is 10.9 Å². The van der Waals surface area contributed by atoms with E-state index in [-0.39, 0.29) is 5.91 Å². The molecule has 0 unspecified atom stereocenters. The predicted octanol–water partition coefficient (Wildman–Crippen LogP) is 3.10. The number of H-pyrrole nitrogens is 1. The molecule has 0 saturated heterocycles. The van der Waals surface area contributed by atoms with Gasteiger partial charge in [0.2, 0.25) is 0 Å². The lowest BCUT2D eigenvalue weighted by Gasteiger charge is -1.89. The SMILES string of the molecule is O=C1NCc2ccccc21.c1ccc2[nH]ccc2c1. The van der Waals surface area contributed by atoms with Crippen molar-refractivity contribution in [2.45, 2.75) is 6.54 Å². The fraction of sp³-hybridized carbons (Fsp3) is 0.0625. The van der Waals surface area contributed by atoms with Crippen molar-refractivity contribution < 1.29 is 4.79 Å². The molecule has 4 rings (SSSR count). The molecule has 2 N–H and O–H groups in total.